The minimum Gasteiger partial charge on any atom is -0.459 e. The highest BCUT2D eigenvalue weighted by Crippen LogP contribution is 2.43. The molecule has 0 aromatic heterocycles. The van der Waals surface area contributed by atoms with Gasteiger partial charge in [-0.1, -0.05) is 42.5 Å². The number of imide groups is 1. The number of ether oxygens (including phenoxy) is 1. The minimum atomic E-state index is -1.85. The molecule has 31 heavy (non-hydrogen) atoms. The molecule has 3 aliphatic rings. The van der Waals surface area contributed by atoms with Crippen LogP contribution in [-0.4, -0.2) is 67.9 Å². The van der Waals surface area contributed by atoms with Crippen LogP contribution in [0.25, 0.3) is 0 Å². The number of thioether (sulfide) groups is 1. The fourth-order valence-corrected chi connectivity index (χ4v) is 5.52. The number of fused-ring (bicyclic) bond motifs is 2. The molecule has 9 heteroatoms. The Morgan fingerprint density at radius 1 is 1.03 bits per heavy atom. The van der Waals surface area contributed by atoms with Gasteiger partial charge in [0.15, 0.2) is 5.60 Å². The Balaban J connectivity index is 1.27. The van der Waals surface area contributed by atoms with E-state index in [2.05, 4.69) is 0 Å². The summed E-state index contributed by atoms with van der Waals surface area (Å²) in [6.45, 7) is -0.224. The number of carbonyl (C=O) groups is 4. The molecular weight excluding hydrogens is 420 g/mol. The Morgan fingerprint density at radius 2 is 1.65 bits per heavy atom. The van der Waals surface area contributed by atoms with Crippen molar-refractivity contribution in [3.63, 3.8) is 0 Å². The predicted octanol–water partition coefficient (Wildman–Crippen LogP) is 1.04. The standard InChI is InChI=1S/C22H18N2O6S/c25-17-14-8-4-5-9-15(14)18(26)24(17)16-19(27)23-11-22(29,12-31-20(16)23)21(28)30-10-13-6-2-1-3-7-13/h1-9,16,20,29H,10-12H2/t16?,20-,22?/m1/s1. The van der Waals surface area contributed by atoms with Crippen LogP contribution in [-0.2, 0) is 20.9 Å². The number of hydrogen-bond acceptors (Lipinski definition) is 7. The second-order valence-electron chi connectivity index (χ2n) is 7.73. The van der Waals surface area contributed by atoms with E-state index >= 15 is 0 Å². The normalized spacial score (nSPS) is 26.9. The molecule has 2 fully saturated rings. The zero-order valence-electron chi connectivity index (χ0n) is 16.3. The Kier molecular flexibility index (Phi) is 4.60. The van der Waals surface area contributed by atoms with Crippen LogP contribution in [0.2, 0.25) is 0 Å². The largest absolute Gasteiger partial charge is 0.459 e. The number of β-lactam (4-membered cyclic amide) rings is 1. The Morgan fingerprint density at radius 3 is 2.29 bits per heavy atom. The lowest BCUT2D eigenvalue weighted by molar-refractivity contribution is -0.174. The van der Waals surface area contributed by atoms with Gasteiger partial charge < -0.3 is 14.7 Å². The van der Waals surface area contributed by atoms with Crippen LogP contribution in [0.5, 0.6) is 0 Å². The SMILES string of the molecule is O=C1c2ccccc2C(=O)N1C1C(=O)N2CC(O)(C(=O)OCc3ccccc3)CS[C@H]12. The Hall–Kier alpha value is -3.17. The van der Waals surface area contributed by atoms with Crippen LogP contribution in [0.3, 0.4) is 0 Å². The van der Waals surface area contributed by atoms with Gasteiger partial charge in [-0.25, -0.2) is 4.79 Å². The summed E-state index contributed by atoms with van der Waals surface area (Å²) in [7, 11) is 0. The van der Waals surface area contributed by atoms with Crippen LogP contribution < -0.4 is 0 Å². The molecule has 0 aliphatic carbocycles. The maximum atomic E-state index is 12.8. The lowest BCUT2D eigenvalue weighted by Gasteiger charge is -2.54. The van der Waals surface area contributed by atoms with E-state index in [9.17, 15) is 24.3 Å². The molecule has 1 N–H and O–H groups in total. The van der Waals surface area contributed by atoms with Crippen molar-refractivity contribution in [2.45, 2.75) is 23.6 Å². The van der Waals surface area contributed by atoms with E-state index in [1.807, 2.05) is 18.2 Å². The molecule has 3 heterocycles. The highest BCUT2D eigenvalue weighted by atomic mass is 32.2. The summed E-state index contributed by atoms with van der Waals surface area (Å²) in [6.07, 6.45) is 0. The van der Waals surface area contributed by atoms with E-state index in [0.29, 0.717) is 0 Å². The number of nitrogens with zero attached hydrogens (tertiary/aromatic N) is 2. The summed E-state index contributed by atoms with van der Waals surface area (Å²) in [6, 6.07) is 14.6. The first kappa shape index (κ1) is 19.8. The molecule has 158 valence electrons. The number of hydrogen-bond donors (Lipinski definition) is 1. The smallest absolute Gasteiger partial charge is 0.341 e. The molecule has 0 saturated carbocycles. The van der Waals surface area contributed by atoms with Crippen LogP contribution in [0.15, 0.2) is 54.6 Å². The first-order chi connectivity index (χ1) is 14.9. The van der Waals surface area contributed by atoms with Gasteiger partial charge in [-0.05, 0) is 17.7 Å². The summed E-state index contributed by atoms with van der Waals surface area (Å²) < 4.78 is 5.26. The number of rotatable bonds is 4. The highest BCUT2D eigenvalue weighted by Gasteiger charge is 2.61. The average molecular weight is 438 g/mol. The van der Waals surface area contributed by atoms with Crippen LogP contribution in [0.4, 0.5) is 0 Å². The van der Waals surface area contributed by atoms with E-state index < -0.39 is 40.7 Å². The molecule has 0 radical (unpaired) electrons. The second-order valence-corrected chi connectivity index (χ2v) is 8.84. The number of esters is 1. The van der Waals surface area contributed by atoms with E-state index in [1.54, 1.807) is 36.4 Å². The van der Waals surface area contributed by atoms with E-state index in [1.165, 1.54) is 4.90 Å². The fraction of sp³-hybridized carbons (Fsp3) is 0.273. The zero-order chi connectivity index (χ0) is 21.8. The molecule has 2 aromatic rings. The van der Waals surface area contributed by atoms with Gasteiger partial charge in [-0.15, -0.1) is 11.8 Å². The third-order valence-corrected chi connectivity index (χ3v) is 7.23. The molecule has 3 atom stereocenters. The van der Waals surface area contributed by atoms with Gasteiger partial charge in [0.1, 0.15) is 18.0 Å². The van der Waals surface area contributed by atoms with Gasteiger partial charge >= 0.3 is 5.97 Å². The third kappa shape index (κ3) is 3.03. The first-order valence-electron chi connectivity index (χ1n) is 9.73. The van der Waals surface area contributed by atoms with Crippen molar-refractivity contribution in [2.24, 2.45) is 0 Å². The highest BCUT2D eigenvalue weighted by molar-refractivity contribution is 8.00. The van der Waals surface area contributed by atoms with Gasteiger partial charge in [0.25, 0.3) is 11.8 Å². The van der Waals surface area contributed by atoms with Crippen molar-refractivity contribution in [3.05, 3.63) is 71.3 Å². The topological polar surface area (TPSA) is 104 Å². The second kappa shape index (κ2) is 7.21. The van der Waals surface area contributed by atoms with Gasteiger partial charge in [0, 0.05) is 5.75 Å². The van der Waals surface area contributed by atoms with Crippen LogP contribution in [0.1, 0.15) is 26.3 Å². The van der Waals surface area contributed by atoms with Gasteiger partial charge in [0.05, 0.1) is 17.7 Å². The number of amides is 3. The predicted molar refractivity (Wildman–Crippen MR) is 110 cm³/mol. The Bertz CT molecular complexity index is 1070. The van der Waals surface area contributed by atoms with Crippen molar-refractivity contribution < 1.29 is 29.0 Å². The molecular formula is C22H18N2O6S. The summed E-state index contributed by atoms with van der Waals surface area (Å²) >= 11 is 1.16. The zero-order valence-corrected chi connectivity index (χ0v) is 17.1. The van der Waals surface area contributed by atoms with Crippen molar-refractivity contribution in [2.75, 3.05) is 12.3 Å². The van der Waals surface area contributed by atoms with Crippen molar-refractivity contribution >= 4 is 35.5 Å². The summed E-state index contributed by atoms with van der Waals surface area (Å²) in [5.74, 6) is -2.28. The number of benzene rings is 2. The van der Waals surface area contributed by atoms with Crippen molar-refractivity contribution in [1.82, 2.24) is 9.80 Å². The molecule has 2 aromatic carbocycles. The van der Waals surface area contributed by atoms with Crippen molar-refractivity contribution in [1.29, 1.82) is 0 Å². The Labute approximate surface area is 181 Å². The molecule has 3 aliphatic heterocycles. The summed E-state index contributed by atoms with van der Waals surface area (Å²) in [4.78, 5) is 53.1. The molecule has 2 unspecified atom stereocenters. The molecule has 0 bridgehead atoms. The van der Waals surface area contributed by atoms with Gasteiger partial charge in [0.2, 0.25) is 5.91 Å². The molecule has 2 saturated heterocycles. The van der Waals surface area contributed by atoms with Crippen molar-refractivity contribution in [3.8, 4) is 0 Å². The first-order valence-corrected chi connectivity index (χ1v) is 10.8. The maximum absolute atomic E-state index is 12.8. The van der Waals surface area contributed by atoms with E-state index in [0.717, 1.165) is 22.2 Å². The lowest BCUT2D eigenvalue weighted by atomic mass is 9.98. The van der Waals surface area contributed by atoms with E-state index in [-0.39, 0.29) is 30.0 Å². The molecule has 5 rings (SSSR count). The van der Waals surface area contributed by atoms with Crippen LogP contribution in [0, 0.1) is 0 Å². The molecule has 0 spiro atoms. The quantitative estimate of drug-likeness (QED) is 0.432. The average Bonchev–Trinajstić information content (AvgIpc) is 3.04. The molecule has 8 nitrogen and oxygen atoms in total. The maximum Gasteiger partial charge on any atom is 0.341 e. The van der Waals surface area contributed by atoms with Gasteiger partial charge in [-0.2, -0.15) is 0 Å². The number of carbonyl (C=O) groups excluding carboxylic acids is 4. The van der Waals surface area contributed by atoms with Gasteiger partial charge in [-0.3, -0.25) is 19.3 Å². The third-order valence-electron chi connectivity index (χ3n) is 5.73. The van der Waals surface area contributed by atoms with Crippen LogP contribution >= 0.6 is 11.8 Å². The lowest BCUT2D eigenvalue weighted by Crippen LogP contribution is -2.75. The summed E-state index contributed by atoms with van der Waals surface area (Å²) in [5.41, 5.74) is -0.508. The monoisotopic (exact) mass is 438 g/mol. The minimum absolute atomic E-state index is 0.00522. The fourth-order valence-electron chi connectivity index (χ4n) is 4.08. The van der Waals surface area contributed by atoms with E-state index in [4.69, 9.17) is 4.74 Å². The number of aliphatic hydroxyl groups is 1. The molecule has 3 amide bonds. The summed E-state index contributed by atoms with van der Waals surface area (Å²) in [5, 5.41) is 10.3.